The minimum atomic E-state index is -0.414. The van der Waals surface area contributed by atoms with Crippen LogP contribution in [-0.4, -0.2) is 10.1 Å². The minimum absolute atomic E-state index is 0.0237. The molecule has 0 bridgehead atoms. The van der Waals surface area contributed by atoms with Crippen LogP contribution in [0.3, 0.4) is 0 Å². The van der Waals surface area contributed by atoms with Crippen molar-refractivity contribution in [2.45, 2.75) is 6.92 Å². The first-order chi connectivity index (χ1) is 5.68. The van der Waals surface area contributed by atoms with Gasteiger partial charge in [0, 0.05) is 11.8 Å². The molecule has 0 amide bonds. The van der Waals surface area contributed by atoms with E-state index in [0.717, 1.165) is 0 Å². The van der Waals surface area contributed by atoms with Crippen molar-refractivity contribution in [2.24, 2.45) is 0 Å². The van der Waals surface area contributed by atoms with Gasteiger partial charge in [-0.15, -0.1) is 0 Å². The van der Waals surface area contributed by atoms with E-state index in [1.807, 2.05) is 0 Å². The van der Waals surface area contributed by atoms with Gasteiger partial charge in [-0.25, -0.2) is 0 Å². The number of aromatic amines is 1. The summed E-state index contributed by atoms with van der Waals surface area (Å²) in [6, 6.07) is 1.50. The topological polar surface area (TPSA) is 85.8 Å². The van der Waals surface area contributed by atoms with Gasteiger partial charge in [0.15, 0.2) is 0 Å². The Bertz CT molecular complexity index is 484. The largest absolute Gasteiger partial charge is 0.359 e. The summed E-state index contributed by atoms with van der Waals surface area (Å²) in [5.74, 6) is 0. The Hall–Kier alpha value is -1.85. The van der Waals surface area contributed by atoms with Crippen LogP contribution in [0.15, 0.2) is 15.5 Å². The number of pyridine rings is 1. The number of aromatic nitrogens is 3. The monoisotopic (exact) mass is 167 g/mol. The molecule has 1 N–H and O–H groups in total. The van der Waals surface area contributed by atoms with Gasteiger partial charge >= 0.3 is 11.1 Å². The van der Waals surface area contributed by atoms with Crippen LogP contribution < -0.4 is 10.5 Å². The summed E-state index contributed by atoms with van der Waals surface area (Å²) in [5.41, 5.74) is 0.357. The highest BCUT2D eigenvalue weighted by atomic mass is 16.8. The van der Waals surface area contributed by atoms with Crippen molar-refractivity contribution in [1.29, 1.82) is 0 Å². The van der Waals surface area contributed by atoms with Crippen LogP contribution in [0, 0.1) is 12.1 Å². The first kappa shape index (κ1) is 6.84. The zero-order valence-electron chi connectivity index (χ0n) is 6.20. The van der Waals surface area contributed by atoms with Crippen LogP contribution in [0.4, 0.5) is 0 Å². The van der Waals surface area contributed by atoms with Gasteiger partial charge < -0.3 is 10.2 Å². The Kier molecular flexibility index (Phi) is 1.18. The molecule has 0 aromatic carbocycles. The molecule has 6 nitrogen and oxygen atoms in total. The number of nitrogens with zero attached hydrogens (tertiary/aromatic N) is 2. The van der Waals surface area contributed by atoms with E-state index in [-0.39, 0.29) is 15.9 Å². The Labute approximate surface area is 66.0 Å². The summed E-state index contributed by atoms with van der Waals surface area (Å²) in [4.78, 5) is 13.8. The number of H-pyrrole nitrogens is 1. The van der Waals surface area contributed by atoms with Crippen LogP contribution in [0.2, 0.25) is 0 Å². The number of rotatable bonds is 0. The van der Waals surface area contributed by atoms with Gasteiger partial charge in [0.25, 0.3) is 0 Å². The molecule has 12 heavy (non-hydrogen) atoms. The fourth-order valence-corrected chi connectivity index (χ4v) is 1.01. The fraction of sp³-hybridized carbons (Fsp3) is 0.167. The molecular weight excluding hydrogens is 162 g/mol. The maximum atomic E-state index is 11.1. The van der Waals surface area contributed by atoms with Gasteiger partial charge in [-0.1, -0.05) is 0 Å². The predicted molar refractivity (Wildman–Crippen MR) is 38.3 cm³/mol. The van der Waals surface area contributed by atoms with Crippen molar-refractivity contribution in [1.82, 2.24) is 10.1 Å². The van der Waals surface area contributed by atoms with E-state index in [1.54, 1.807) is 6.92 Å². The van der Waals surface area contributed by atoms with E-state index in [1.165, 1.54) is 6.07 Å². The Balaban J connectivity index is 3.03. The highest BCUT2D eigenvalue weighted by Gasteiger charge is 2.12. The van der Waals surface area contributed by atoms with E-state index < -0.39 is 5.56 Å². The summed E-state index contributed by atoms with van der Waals surface area (Å²) in [7, 11) is 0. The number of nitrogens with one attached hydrogen (secondary N) is 1. The second-order valence-corrected chi connectivity index (χ2v) is 2.45. The van der Waals surface area contributed by atoms with Gasteiger partial charge in [0.2, 0.25) is 5.52 Å². The Morgan fingerprint density at radius 3 is 3.25 bits per heavy atom. The fourth-order valence-electron chi connectivity index (χ4n) is 1.01. The molecule has 0 saturated carbocycles. The normalized spacial score (nSPS) is 10.8. The van der Waals surface area contributed by atoms with Crippen molar-refractivity contribution in [3.05, 3.63) is 27.3 Å². The van der Waals surface area contributed by atoms with Gasteiger partial charge in [-0.3, -0.25) is 9.42 Å². The maximum absolute atomic E-state index is 11.1. The molecule has 0 aliphatic heterocycles. The number of fused-ring (bicyclic) bond motifs is 1. The lowest BCUT2D eigenvalue weighted by Crippen LogP contribution is -2.23. The molecule has 0 unspecified atom stereocenters. The molecule has 0 aliphatic carbocycles. The van der Waals surface area contributed by atoms with E-state index in [4.69, 9.17) is 0 Å². The van der Waals surface area contributed by atoms with Crippen molar-refractivity contribution >= 4 is 11.0 Å². The molecule has 2 aromatic heterocycles. The first-order valence-electron chi connectivity index (χ1n) is 3.28. The molecule has 0 radical (unpaired) electrons. The molecule has 0 aliphatic rings. The third-order valence-electron chi connectivity index (χ3n) is 1.52. The lowest BCUT2D eigenvalue weighted by atomic mass is 10.3. The van der Waals surface area contributed by atoms with Crippen molar-refractivity contribution in [3.63, 3.8) is 0 Å². The molecule has 0 saturated heterocycles. The molecule has 0 atom stereocenters. The summed E-state index contributed by atoms with van der Waals surface area (Å²) >= 11 is 0. The highest BCUT2D eigenvalue weighted by molar-refractivity contribution is 5.68. The minimum Gasteiger partial charge on any atom is -0.359 e. The second-order valence-electron chi connectivity index (χ2n) is 2.45. The lowest BCUT2D eigenvalue weighted by molar-refractivity contribution is -0.782. The van der Waals surface area contributed by atoms with Gasteiger partial charge in [-0.05, 0) is 11.8 Å². The van der Waals surface area contributed by atoms with E-state index in [2.05, 4.69) is 14.8 Å². The number of hydrogen-bond donors (Lipinski definition) is 1. The van der Waals surface area contributed by atoms with Crippen molar-refractivity contribution < 1.29 is 9.53 Å². The van der Waals surface area contributed by atoms with Crippen molar-refractivity contribution in [2.75, 3.05) is 0 Å². The van der Waals surface area contributed by atoms with Gasteiger partial charge in [-0.2, -0.15) is 0 Å². The summed E-state index contributed by atoms with van der Waals surface area (Å²) in [5, 5.41) is 14.1. The molecule has 6 heteroatoms. The molecule has 62 valence electrons. The maximum Gasteiger partial charge on any atom is 0.313 e. The van der Waals surface area contributed by atoms with Crippen LogP contribution in [0.5, 0.6) is 0 Å². The highest BCUT2D eigenvalue weighted by Crippen LogP contribution is 2.00. The summed E-state index contributed by atoms with van der Waals surface area (Å²) in [6.07, 6.45) is 0. The van der Waals surface area contributed by atoms with Crippen LogP contribution in [0.25, 0.3) is 11.0 Å². The van der Waals surface area contributed by atoms with Crippen LogP contribution in [-0.2, 0) is 0 Å². The zero-order valence-corrected chi connectivity index (χ0v) is 6.20. The van der Waals surface area contributed by atoms with E-state index in [9.17, 15) is 10.0 Å². The molecule has 2 rings (SSSR count). The second kappa shape index (κ2) is 2.07. The van der Waals surface area contributed by atoms with Crippen LogP contribution in [0.1, 0.15) is 5.69 Å². The van der Waals surface area contributed by atoms with E-state index >= 15 is 0 Å². The van der Waals surface area contributed by atoms with Gasteiger partial charge in [0.05, 0.1) is 5.16 Å². The molecule has 2 aromatic rings. The average Bonchev–Trinajstić information content (AvgIpc) is 2.33. The predicted octanol–water partition coefficient (Wildman–Crippen LogP) is -0.542. The molecule has 2 heterocycles. The Morgan fingerprint density at radius 1 is 1.75 bits per heavy atom. The molecule has 0 spiro atoms. The average molecular weight is 167 g/mol. The smallest absolute Gasteiger partial charge is 0.313 e. The molecular formula is C6H5N3O3. The molecule has 0 fully saturated rings. The number of hydrogen-bond acceptors (Lipinski definition) is 4. The third kappa shape index (κ3) is 0.777. The van der Waals surface area contributed by atoms with E-state index in [0.29, 0.717) is 5.69 Å². The van der Waals surface area contributed by atoms with Gasteiger partial charge in [0.1, 0.15) is 0 Å². The third-order valence-corrected chi connectivity index (χ3v) is 1.52. The summed E-state index contributed by atoms with van der Waals surface area (Å²) < 4.78 is 4.24. The number of aryl methyl sites for hydroxylation is 1. The summed E-state index contributed by atoms with van der Waals surface area (Å²) in [6.45, 7) is 1.67. The van der Waals surface area contributed by atoms with Crippen molar-refractivity contribution in [3.8, 4) is 0 Å². The van der Waals surface area contributed by atoms with Crippen LogP contribution >= 0.6 is 0 Å². The standard InChI is InChI=1S/C6H5N3O3/c1-3-2-4-5(6(10)7-3)8-12-9(4)11/h2H,1H3,(H,7,10). The lowest BCUT2D eigenvalue weighted by Gasteiger charge is -1.88. The SMILES string of the molecule is Cc1cc2c(no[n+]2[O-])c(=O)[nH]1. The quantitative estimate of drug-likeness (QED) is 0.534. The Morgan fingerprint density at radius 2 is 2.50 bits per heavy atom. The zero-order chi connectivity index (χ0) is 8.72. The first-order valence-corrected chi connectivity index (χ1v) is 3.28.